The van der Waals surface area contributed by atoms with Crippen molar-refractivity contribution < 1.29 is 18.7 Å². The molecular formula is C27H33FN4O3. The third-order valence-corrected chi connectivity index (χ3v) is 5.19. The molecule has 1 N–H and O–H groups in total. The quantitative estimate of drug-likeness (QED) is 0.338. The van der Waals surface area contributed by atoms with E-state index in [0.717, 1.165) is 43.5 Å². The van der Waals surface area contributed by atoms with Gasteiger partial charge in [-0.25, -0.2) is 14.2 Å². The molecule has 1 aromatic heterocycles. The lowest BCUT2D eigenvalue weighted by molar-refractivity contribution is -0.131. The molecule has 2 amide bonds. The van der Waals surface area contributed by atoms with Crippen LogP contribution in [0, 0.1) is 17.7 Å². The van der Waals surface area contributed by atoms with Gasteiger partial charge in [0.1, 0.15) is 17.3 Å². The molecule has 7 nitrogen and oxygen atoms in total. The summed E-state index contributed by atoms with van der Waals surface area (Å²) in [6, 6.07) is 5.91. The standard InChI is InChI=1S/C16H18N4O.C8H7FO2.C3H8/c1-3-4-5-13-17-14-10(2)19(11-6-7-11)16(21)20(12-8-9-12)15(14)18-13;1-6(10)11-8-4-2-7(9)3-5-8;1-3-2/h11-12H,2-3,6-9H2,1H3,(H,17,18);2-5H,1H3;3H2,1-2H3. The second-order valence-electron chi connectivity index (χ2n) is 8.63. The number of nitrogens with zero attached hydrogens (tertiary/aromatic N) is 3. The number of aromatic nitrogens is 2. The molecule has 3 aliphatic rings. The highest BCUT2D eigenvalue weighted by Crippen LogP contribution is 2.44. The van der Waals surface area contributed by atoms with Crippen LogP contribution in [0.25, 0.3) is 5.70 Å². The van der Waals surface area contributed by atoms with Crippen LogP contribution in [0.1, 0.15) is 77.7 Å². The van der Waals surface area contributed by atoms with E-state index < -0.39 is 5.97 Å². The monoisotopic (exact) mass is 480 g/mol. The van der Waals surface area contributed by atoms with E-state index in [9.17, 15) is 14.0 Å². The summed E-state index contributed by atoms with van der Waals surface area (Å²) in [6.45, 7) is 11.7. The van der Waals surface area contributed by atoms with E-state index in [0.29, 0.717) is 29.5 Å². The van der Waals surface area contributed by atoms with Gasteiger partial charge in [-0.05, 0) is 55.9 Å². The smallest absolute Gasteiger partial charge is 0.330 e. The fraction of sp³-hybridized carbons (Fsp3) is 0.444. The first-order valence-corrected chi connectivity index (χ1v) is 12.1. The molecule has 0 atom stereocenters. The number of H-pyrrole nitrogens is 1. The summed E-state index contributed by atoms with van der Waals surface area (Å²) in [7, 11) is 0. The predicted molar refractivity (Wildman–Crippen MR) is 134 cm³/mol. The number of hydrogen-bond acceptors (Lipinski definition) is 4. The number of aromatic amines is 1. The molecule has 0 spiro atoms. The van der Waals surface area contributed by atoms with Crippen LogP contribution in [0.15, 0.2) is 30.8 Å². The number of ether oxygens (including phenoxy) is 1. The molecule has 0 bridgehead atoms. The van der Waals surface area contributed by atoms with E-state index >= 15 is 0 Å². The Morgan fingerprint density at radius 3 is 2.23 bits per heavy atom. The molecule has 0 unspecified atom stereocenters. The number of carbonyl (C=O) groups is 2. The van der Waals surface area contributed by atoms with Crippen molar-refractivity contribution in [3.05, 3.63) is 48.2 Å². The summed E-state index contributed by atoms with van der Waals surface area (Å²) in [6.07, 6.45) is 6.27. The van der Waals surface area contributed by atoms with Gasteiger partial charge in [0.2, 0.25) is 0 Å². The van der Waals surface area contributed by atoms with Gasteiger partial charge in [-0.2, -0.15) is 0 Å². The topological polar surface area (TPSA) is 78.5 Å². The molecule has 1 aromatic carbocycles. The molecule has 8 heteroatoms. The number of hydrogen-bond donors (Lipinski definition) is 1. The number of amides is 2. The van der Waals surface area contributed by atoms with Gasteiger partial charge in [-0.1, -0.05) is 39.7 Å². The van der Waals surface area contributed by atoms with Crippen molar-refractivity contribution in [3.8, 4) is 17.6 Å². The summed E-state index contributed by atoms with van der Waals surface area (Å²) in [5.74, 6) is 6.97. The molecule has 0 radical (unpaired) electrons. The fourth-order valence-electron chi connectivity index (χ4n) is 3.45. The Labute approximate surface area is 206 Å². The van der Waals surface area contributed by atoms with Crippen LogP contribution < -0.4 is 9.64 Å². The minimum absolute atomic E-state index is 0.0407. The Balaban J connectivity index is 0.000000207. The van der Waals surface area contributed by atoms with Crippen LogP contribution in [0.2, 0.25) is 0 Å². The predicted octanol–water partition coefficient (Wildman–Crippen LogP) is 5.88. The highest BCUT2D eigenvalue weighted by molar-refractivity contribution is 6.04. The average molecular weight is 481 g/mol. The van der Waals surface area contributed by atoms with Gasteiger partial charge in [-0.15, -0.1) is 0 Å². The SMILES string of the molecule is C=C1c2[nH]c(C#CCC)nc2N(C2CC2)C(=O)N1C1CC1.CC(=O)Oc1ccc(F)cc1.CCC. The van der Waals surface area contributed by atoms with Crippen molar-refractivity contribution in [1.82, 2.24) is 14.9 Å². The fourth-order valence-corrected chi connectivity index (χ4v) is 3.45. The molecule has 186 valence electrons. The normalized spacial score (nSPS) is 16.1. The van der Waals surface area contributed by atoms with Crippen molar-refractivity contribution in [2.75, 3.05) is 4.90 Å². The summed E-state index contributed by atoms with van der Waals surface area (Å²) >= 11 is 0. The second-order valence-corrected chi connectivity index (χ2v) is 8.63. The highest BCUT2D eigenvalue weighted by atomic mass is 19.1. The first-order chi connectivity index (χ1) is 16.8. The first-order valence-electron chi connectivity index (χ1n) is 12.1. The lowest BCUT2D eigenvalue weighted by atomic mass is 10.2. The Hall–Kier alpha value is -3.60. The number of carbonyl (C=O) groups excluding carboxylic acids is 2. The summed E-state index contributed by atoms with van der Waals surface area (Å²) in [4.78, 5) is 34.6. The van der Waals surface area contributed by atoms with E-state index in [-0.39, 0.29) is 11.8 Å². The number of rotatable bonds is 3. The van der Waals surface area contributed by atoms with E-state index in [1.54, 1.807) is 0 Å². The number of urea groups is 1. The van der Waals surface area contributed by atoms with Gasteiger partial charge in [0.05, 0.1) is 5.70 Å². The molecule has 2 aromatic rings. The number of fused-ring (bicyclic) bond motifs is 1. The minimum Gasteiger partial charge on any atom is -0.427 e. The van der Waals surface area contributed by atoms with E-state index in [4.69, 9.17) is 0 Å². The van der Waals surface area contributed by atoms with Crippen LogP contribution >= 0.6 is 0 Å². The minimum atomic E-state index is -0.406. The zero-order valence-corrected chi connectivity index (χ0v) is 20.9. The maximum Gasteiger partial charge on any atom is 0.330 e. The van der Waals surface area contributed by atoms with E-state index in [1.165, 1.54) is 37.6 Å². The summed E-state index contributed by atoms with van der Waals surface area (Å²) in [5.41, 5.74) is 1.60. The highest BCUT2D eigenvalue weighted by Gasteiger charge is 2.47. The molecule has 2 fully saturated rings. The molecule has 2 heterocycles. The zero-order valence-electron chi connectivity index (χ0n) is 20.9. The van der Waals surface area contributed by atoms with Gasteiger partial charge in [0.25, 0.3) is 0 Å². The molecule has 1 aliphatic heterocycles. The maximum atomic E-state index is 12.8. The third kappa shape index (κ3) is 6.72. The Bertz CT molecular complexity index is 1120. The van der Waals surface area contributed by atoms with Crippen molar-refractivity contribution >= 4 is 23.5 Å². The Morgan fingerprint density at radius 2 is 1.71 bits per heavy atom. The van der Waals surface area contributed by atoms with Crippen molar-refractivity contribution in [2.24, 2.45) is 0 Å². The number of benzene rings is 1. The number of anilines is 1. The summed E-state index contributed by atoms with van der Waals surface area (Å²) in [5, 5.41) is 0. The first kappa shape index (κ1) is 26.0. The molecule has 35 heavy (non-hydrogen) atoms. The Kier molecular flexibility index (Phi) is 8.69. The Morgan fingerprint density at radius 1 is 1.14 bits per heavy atom. The largest absolute Gasteiger partial charge is 0.427 e. The van der Waals surface area contributed by atoms with Crippen LogP contribution in [0.5, 0.6) is 5.75 Å². The van der Waals surface area contributed by atoms with E-state index in [2.05, 4.69) is 47.0 Å². The van der Waals surface area contributed by atoms with Gasteiger partial charge in [0.15, 0.2) is 11.6 Å². The van der Waals surface area contributed by atoms with Crippen LogP contribution in [-0.4, -0.2) is 39.0 Å². The van der Waals surface area contributed by atoms with Crippen molar-refractivity contribution in [2.45, 2.75) is 78.3 Å². The number of imidazole rings is 1. The van der Waals surface area contributed by atoms with Gasteiger partial charge < -0.3 is 9.72 Å². The number of nitrogens with one attached hydrogen (secondary N) is 1. The van der Waals surface area contributed by atoms with Gasteiger partial charge >= 0.3 is 12.0 Å². The molecule has 2 aliphatic carbocycles. The maximum absolute atomic E-state index is 12.8. The lowest BCUT2D eigenvalue weighted by Gasteiger charge is -2.35. The molecule has 0 saturated heterocycles. The molecule has 5 rings (SSSR count). The van der Waals surface area contributed by atoms with E-state index in [1.807, 2.05) is 16.7 Å². The summed E-state index contributed by atoms with van der Waals surface area (Å²) < 4.78 is 16.9. The van der Waals surface area contributed by atoms with Crippen LogP contribution in [0.3, 0.4) is 0 Å². The number of esters is 1. The number of halogens is 1. The third-order valence-electron chi connectivity index (χ3n) is 5.19. The second kappa shape index (κ2) is 11.7. The van der Waals surface area contributed by atoms with Gasteiger partial charge in [0, 0.05) is 25.4 Å². The average Bonchev–Trinajstić information content (AvgIpc) is 3.74. The van der Waals surface area contributed by atoms with Crippen molar-refractivity contribution in [1.29, 1.82) is 0 Å². The zero-order chi connectivity index (χ0) is 25.5. The van der Waals surface area contributed by atoms with Gasteiger partial charge in [-0.3, -0.25) is 14.6 Å². The lowest BCUT2D eigenvalue weighted by Crippen LogP contribution is -2.48. The van der Waals surface area contributed by atoms with Crippen LogP contribution in [-0.2, 0) is 4.79 Å². The molecular weight excluding hydrogens is 447 g/mol. The molecule has 2 saturated carbocycles. The van der Waals surface area contributed by atoms with Crippen LogP contribution in [0.4, 0.5) is 15.0 Å². The van der Waals surface area contributed by atoms with Crippen molar-refractivity contribution in [3.63, 3.8) is 0 Å².